The highest BCUT2D eigenvalue weighted by molar-refractivity contribution is 5.99. The lowest BCUT2D eigenvalue weighted by atomic mass is 9.99. The number of likely N-dealkylation sites (tertiary alicyclic amines) is 1. The molecule has 1 saturated carbocycles. The molecular weight excluding hydrogens is 462 g/mol. The average molecular weight is 500 g/mol. The van der Waals surface area contributed by atoms with Crippen molar-refractivity contribution in [2.24, 2.45) is 16.6 Å². The van der Waals surface area contributed by atoms with E-state index in [1.54, 1.807) is 0 Å². The normalized spacial score (nSPS) is 21.4. The fourth-order valence-electron chi connectivity index (χ4n) is 5.53. The number of rotatable bonds is 5. The second-order valence-corrected chi connectivity index (χ2v) is 11.6. The van der Waals surface area contributed by atoms with Gasteiger partial charge in [0.25, 0.3) is 5.91 Å². The maximum atomic E-state index is 13.5. The van der Waals surface area contributed by atoms with Crippen LogP contribution in [0.4, 0.5) is 11.4 Å². The lowest BCUT2D eigenvalue weighted by Gasteiger charge is -2.42. The molecule has 0 spiro atoms. The Balaban J connectivity index is 1.42. The quantitative estimate of drug-likeness (QED) is 0.503. The smallest absolute Gasteiger partial charge is 0.254 e. The maximum absolute atomic E-state index is 13.5. The number of anilines is 1. The summed E-state index contributed by atoms with van der Waals surface area (Å²) in [6.07, 6.45) is 6.43. The first kappa shape index (κ1) is 24.0. The Labute approximate surface area is 218 Å². The molecule has 3 aliphatic rings. The highest BCUT2D eigenvalue weighted by atomic mass is 16.5. The van der Waals surface area contributed by atoms with E-state index in [2.05, 4.69) is 60.7 Å². The molecule has 1 amide bonds. The van der Waals surface area contributed by atoms with Crippen LogP contribution in [0.5, 0.6) is 5.75 Å². The summed E-state index contributed by atoms with van der Waals surface area (Å²) in [5.41, 5.74) is 10.6. The Morgan fingerprint density at radius 3 is 2.78 bits per heavy atom. The van der Waals surface area contributed by atoms with Crippen LogP contribution >= 0.6 is 0 Å². The van der Waals surface area contributed by atoms with Crippen molar-refractivity contribution >= 4 is 34.4 Å². The van der Waals surface area contributed by atoms with Crippen molar-refractivity contribution in [1.82, 2.24) is 9.47 Å². The minimum Gasteiger partial charge on any atom is -0.489 e. The van der Waals surface area contributed by atoms with Gasteiger partial charge in [-0.25, -0.2) is 0 Å². The number of nitrogens with two attached hydrogens (primary N) is 1. The van der Waals surface area contributed by atoms with E-state index in [4.69, 9.17) is 15.5 Å². The second kappa shape index (κ2) is 9.21. The van der Waals surface area contributed by atoms with Gasteiger partial charge in [0, 0.05) is 49.2 Å². The first-order valence-electron chi connectivity index (χ1n) is 13.5. The molecule has 2 N–H and O–H groups in total. The number of aliphatic imine (C=N–C) groups is 1. The minimum absolute atomic E-state index is 0.00617. The van der Waals surface area contributed by atoms with Crippen LogP contribution < -0.4 is 15.4 Å². The van der Waals surface area contributed by atoms with E-state index in [9.17, 15) is 4.79 Å². The minimum atomic E-state index is -0.191. The van der Waals surface area contributed by atoms with Crippen LogP contribution in [-0.2, 0) is 6.54 Å². The fourth-order valence-corrected chi connectivity index (χ4v) is 5.53. The number of ether oxygens (including phenoxy) is 1. The van der Waals surface area contributed by atoms with E-state index in [0.29, 0.717) is 24.5 Å². The van der Waals surface area contributed by atoms with Crippen LogP contribution in [0, 0.1) is 5.92 Å². The monoisotopic (exact) mass is 499 g/mol. The molecule has 1 atom stereocenters. The number of amides is 1. The topological polar surface area (TPSA) is 76.1 Å². The summed E-state index contributed by atoms with van der Waals surface area (Å²) in [7, 11) is 2.08. The van der Waals surface area contributed by atoms with Crippen LogP contribution in [-0.4, -0.2) is 59.9 Å². The molecule has 2 fully saturated rings. The number of carbonyl (C=O) groups is 1. The van der Waals surface area contributed by atoms with Crippen molar-refractivity contribution in [2.45, 2.75) is 57.7 Å². The van der Waals surface area contributed by atoms with Crippen molar-refractivity contribution in [3.63, 3.8) is 0 Å². The van der Waals surface area contributed by atoms with Crippen LogP contribution in [0.25, 0.3) is 10.9 Å². The lowest BCUT2D eigenvalue weighted by Crippen LogP contribution is -2.49. The van der Waals surface area contributed by atoms with Gasteiger partial charge < -0.3 is 24.8 Å². The number of benzene rings is 2. The van der Waals surface area contributed by atoms with E-state index < -0.39 is 0 Å². The zero-order chi connectivity index (χ0) is 25.7. The summed E-state index contributed by atoms with van der Waals surface area (Å²) < 4.78 is 8.60. The molecule has 3 heterocycles. The maximum Gasteiger partial charge on any atom is 0.254 e. The van der Waals surface area contributed by atoms with Gasteiger partial charge in [0.15, 0.2) is 0 Å². The third-order valence-electron chi connectivity index (χ3n) is 8.19. The molecule has 1 unspecified atom stereocenters. The average Bonchev–Trinajstić information content (AvgIpc) is 3.64. The SMILES string of the molecule is CN1c2c(/N=C/c3cc4ccccc4n3CC3CC3)cc(C(=O)N3CCCC(N)C3)cc2OCC1(C)C. The van der Waals surface area contributed by atoms with E-state index >= 15 is 0 Å². The molecule has 2 aromatic carbocycles. The summed E-state index contributed by atoms with van der Waals surface area (Å²) in [5, 5.41) is 1.22. The summed E-state index contributed by atoms with van der Waals surface area (Å²) in [4.78, 5) is 22.6. The number of hydrogen-bond acceptors (Lipinski definition) is 5. The predicted octanol–water partition coefficient (Wildman–Crippen LogP) is 4.97. The van der Waals surface area contributed by atoms with Crippen molar-refractivity contribution in [3.8, 4) is 5.75 Å². The van der Waals surface area contributed by atoms with Gasteiger partial charge in [0.1, 0.15) is 18.0 Å². The van der Waals surface area contributed by atoms with Crippen LogP contribution in [0.3, 0.4) is 0 Å². The molecule has 6 rings (SSSR count). The highest BCUT2D eigenvalue weighted by Crippen LogP contribution is 2.45. The van der Waals surface area contributed by atoms with Gasteiger partial charge in [0.05, 0.1) is 23.1 Å². The summed E-state index contributed by atoms with van der Waals surface area (Å²) in [6.45, 7) is 7.19. The molecule has 0 bridgehead atoms. The Hall–Kier alpha value is -3.32. The van der Waals surface area contributed by atoms with Crippen LogP contribution in [0.15, 0.2) is 47.5 Å². The molecule has 7 heteroatoms. The van der Waals surface area contributed by atoms with Gasteiger partial charge in [-0.2, -0.15) is 0 Å². The molecule has 37 heavy (non-hydrogen) atoms. The third kappa shape index (κ3) is 4.61. The number of aromatic nitrogens is 1. The Kier molecular flexibility index (Phi) is 5.98. The molecule has 1 aliphatic carbocycles. The van der Waals surface area contributed by atoms with Crippen molar-refractivity contribution in [2.75, 3.05) is 31.6 Å². The number of piperidine rings is 1. The number of nitrogens with zero attached hydrogens (tertiary/aromatic N) is 4. The van der Waals surface area contributed by atoms with Gasteiger partial charge in [-0.15, -0.1) is 0 Å². The molecule has 2 aliphatic heterocycles. The molecule has 1 saturated heterocycles. The number of hydrogen-bond donors (Lipinski definition) is 1. The van der Waals surface area contributed by atoms with E-state index in [1.165, 1.54) is 23.7 Å². The van der Waals surface area contributed by atoms with Crippen molar-refractivity contribution in [1.29, 1.82) is 0 Å². The number of para-hydroxylation sites is 1. The molecule has 3 aromatic rings. The van der Waals surface area contributed by atoms with Crippen LogP contribution in [0.1, 0.15) is 55.6 Å². The highest BCUT2D eigenvalue weighted by Gasteiger charge is 2.35. The number of likely N-dealkylation sites (N-methyl/N-ethyl adjacent to an activating group) is 1. The van der Waals surface area contributed by atoms with Gasteiger partial charge in [-0.05, 0) is 69.7 Å². The standard InChI is InChI=1S/C30H37N5O2/c1-30(2)19-37-27-15-22(29(36)34-12-6-8-23(31)18-34)14-25(28(27)33(30)3)32-16-24-13-21-7-4-5-9-26(21)35(24)17-20-10-11-20/h4-5,7,9,13-16,20,23H,6,8,10-12,17-19,31H2,1-3H3/b32-16+. The fraction of sp³-hybridized carbons (Fsp3) is 0.467. The lowest BCUT2D eigenvalue weighted by molar-refractivity contribution is 0.0708. The van der Waals surface area contributed by atoms with E-state index in [0.717, 1.165) is 48.9 Å². The van der Waals surface area contributed by atoms with E-state index in [-0.39, 0.29) is 17.5 Å². The summed E-state index contributed by atoms with van der Waals surface area (Å²) >= 11 is 0. The van der Waals surface area contributed by atoms with Gasteiger partial charge >= 0.3 is 0 Å². The molecule has 1 aromatic heterocycles. The van der Waals surface area contributed by atoms with Crippen molar-refractivity contribution < 1.29 is 9.53 Å². The zero-order valence-corrected chi connectivity index (χ0v) is 22.1. The summed E-state index contributed by atoms with van der Waals surface area (Å²) in [6, 6.07) is 14.6. The van der Waals surface area contributed by atoms with Crippen LogP contribution in [0.2, 0.25) is 0 Å². The first-order chi connectivity index (χ1) is 17.8. The van der Waals surface area contributed by atoms with Crippen molar-refractivity contribution in [3.05, 3.63) is 53.7 Å². The Morgan fingerprint density at radius 2 is 2.00 bits per heavy atom. The molecular formula is C30H37N5O2. The largest absolute Gasteiger partial charge is 0.489 e. The van der Waals surface area contributed by atoms with Gasteiger partial charge in [0.2, 0.25) is 0 Å². The molecule has 7 nitrogen and oxygen atoms in total. The molecule has 194 valence electrons. The Morgan fingerprint density at radius 1 is 1.19 bits per heavy atom. The first-order valence-corrected chi connectivity index (χ1v) is 13.5. The number of fused-ring (bicyclic) bond motifs is 2. The summed E-state index contributed by atoms with van der Waals surface area (Å²) in [5.74, 6) is 1.45. The zero-order valence-electron chi connectivity index (χ0n) is 22.1. The number of carbonyl (C=O) groups excluding carboxylic acids is 1. The van der Waals surface area contributed by atoms with E-state index in [1.807, 2.05) is 23.2 Å². The second-order valence-electron chi connectivity index (χ2n) is 11.6. The van der Waals surface area contributed by atoms with Gasteiger partial charge in [-0.3, -0.25) is 9.79 Å². The van der Waals surface area contributed by atoms with Gasteiger partial charge in [-0.1, -0.05) is 18.2 Å². The Bertz CT molecular complexity index is 1370. The molecule has 0 radical (unpaired) electrons. The predicted molar refractivity (Wildman–Crippen MR) is 149 cm³/mol. The third-order valence-corrected chi connectivity index (χ3v) is 8.19.